The predicted molar refractivity (Wildman–Crippen MR) is 216 cm³/mol. The lowest BCUT2D eigenvalue weighted by Crippen LogP contribution is -1.92. The summed E-state index contributed by atoms with van der Waals surface area (Å²) in [7, 11) is 0. The summed E-state index contributed by atoms with van der Waals surface area (Å²) in [5.74, 6) is 0. The first kappa shape index (κ1) is 28.6. The van der Waals surface area contributed by atoms with Crippen molar-refractivity contribution in [1.29, 1.82) is 10.5 Å². The Balaban J connectivity index is 1.27. The number of fused-ring (bicyclic) bond motifs is 13. The molecule has 0 saturated carbocycles. The van der Waals surface area contributed by atoms with Crippen molar-refractivity contribution in [3.8, 4) is 33.0 Å². The fourth-order valence-corrected chi connectivity index (χ4v) is 10.9. The SMILES string of the molecule is N#Cc1ccc2c(c1)c1cc(C#N)ccc1c1nc3c(-c4ccc5sc6ccccc6c5c4)sc(-c4ccc5sc6ccccc6c5c4)c3nc21. The van der Waals surface area contributed by atoms with Crippen LogP contribution in [0.15, 0.2) is 121 Å². The lowest BCUT2D eigenvalue weighted by molar-refractivity contribution is 1.43. The van der Waals surface area contributed by atoms with Crippen LogP contribution in [-0.4, -0.2) is 9.97 Å². The van der Waals surface area contributed by atoms with Crippen molar-refractivity contribution in [2.24, 2.45) is 0 Å². The zero-order valence-electron chi connectivity index (χ0n) is 26.6. The van der Waals surface area contributed by atoms with Gasteiger partial charge in [-0.25, -0.2) is 9.97 Å². The molecule has 234 valence electrons. The molecule has 0 saturated heterocycles. The van der Waals surface area contributed by atoms with E-state index < -0.39 is 0 Å². The topological polar surface area (TPSA) is 73.4 Å². The van der Waals surface area contributed by atoms with Gasteiger partial charge in [0.1, 0.15) is 11.0 Å². The molecule has 4 aromatic heterocycles. The van der Waals surface area contributed by atoms with E-state index >= 15 is 0 Å². The number of nitrogens with zero attached hydrogens (tertiary/aromatic N) is 4. The summed E-state index contributed by atoms with van der Waals surface area (Å²) in [6, 6.07) is 46.7. The monoisotopic (exact) mass is 700 g/mol. The third-order valence-corrected chi connectivity index (χ3v) is 13.5. The number of benzene rings is 7. The number of rotatable bonds is 2. The average Bonchev–Trinajstić information content (AvgIpc) is 3.87. The van der Waals surface area contributed by atoms with Crippen LogP contribution < -0.4 is 0 Å². The van der Waals surface area contributed by atoms with E-state index in [1.165, 1.54) is 40.3 Å². The standard InChI is InChI=1S/C44H20N4S3/c45-21-23-9-13-29-31(17-23)32-18-24(22-46)10-14-30(32)40-39(29)47-41-42(48-40)44(26-12-16-38-34(20-26)28-6-2-4-8-36(28)50-38)51-43(41)25-11-15-37-33(19-25)27-5-1-3-7-35(27)49-37/h1-20H. The van der Waals surface area contributed by atoms with Crippen molar-refractivity contribution in [3.05, 3.63) is 132 Å². The fraction of sp³-hybridized carbons (Fsp3) is 0. The molecule has 7 aromatic carbocycles. The predicted octanol–water partition coefficient (Wildman–Crippen LogP) is 13.0. The molecule has 0 bridgehead atoms. The number of nitriles is 2. The fourth-order valence-electron chi connectivity index (χ4n) is 7.54. The van der Waals surface area contributed by atoms with E-state index in [0.717, 1.165) is 64.5 Å². The van der Waals surface area contributed by atoms with Gasteiger partial charge in [0.15, 0.2) is 0 Å². The smallest absolute Gasteiger partial charge is 0.109 e. The Hall–Kier alpha value is -6.22. The largest absolute Gasteiger partial charge is 0.242 e. The minimum Gasteiger partial charge on any atom is -0.242 e. The van der Waals surface area contributed by atoms with Gasteiger partial charge in [0.2, 0.25) is 0 Å². The van der Waals surface area contributed by atoms with Gasteiger partial charge in [-0.1, -0.05) is 60.7 Å². The molecule has 0 aliphatic carbocycles. The van der Waals surface area contributed by atoms with Gasteiger partial charge >= 0.3 is 0 Å². The van der Waals surface area contributed by atoms with Crippen LogP contribution in [0.25, 0.3) is 105 Å². The summed E-state index contributed by atoms with van der Waals surface area (Å²) >= 11 is 5.38. The van der Waals surface area contributed by atoms with Crippen LogP contribution in [0, 0.1) is 22.7 Å². The van der Waals surface area contributed by atoms with Gasteiger partial charge in [-0.2, -0.15) is 10.5 Å². The Morgan fingerprint density at radius 3 is 1.29 bits per heavy atom. The third kappa shape index (κ3) is 4.15. The molecule has 0 unspecified atom stereocenters. The third-order valence-electron chi connectivity index (χ3n) is 9.91. The lowest BCUT2D eigenvalue weighted by atomic mass is 9.96. The van der Waals surface area contributed by atoms with Crippen LogP contribution in [0.1, 0.15) is 11.1 Å². The van der Waals surface area contributed by atoms with Gasteiger partial charge < -0.3 is 0 Å². The summed E-state index contributed by atoms with van der Waals surface area (Å²) in [5.41, 5.74) is 6.62. The molecule has 11 rings (SSSR count). The molecule has 0 spiro atoms. The maximum Gasteiger partial charge on any atom is 0.109 e. The number of hydrogen-bond donors (Lipinski definition) is 0. The molecular formula is C44H20N4S3. The average molecular weight is 701 g/mol. The van der Waals surface area contributed by atoms with Crippen LogP contribution in [0.2, 0.25) is 0 Å². The van der Waals surface area contributed by atoms with Gasteiger partial charge in [0, 0.05) is 51.1 Å². The Morgan fingerprint density at radius 1 is 0.373 bits per heavy atom. The van der Waals surface area contributed by atoms with E-state index in [0.29, 0.717) is 11.1 Å². The lowest BCUT2D eigenvalue weighted by Gasteiger charge is -2.11. The first-order chi connectivity index (χ1) is 25.1. The number of thiophene rings is 3. The Kier molecular flexibility index (Phi) is 5.97. The molecule has 4 heterocycles. The Morgan fingerprint density at radius 2 is 0.824 bits per heavy atom. The van der Waals surface area contributed by atoms with Crippen molar-refractivity contribution in [3.63, 3.8) is 0 Å². The van der Waals surface area contributed by atoms with E-state index in [1.54, 1.807) is 11.3 Å². The maximum absolute atomic E-state index is 9.81. The molecule has 0 radical (unpaired) electrons. The molecule has 4 nitrogen and oxygen atoms in total. The molecule has 0 fully saturated rings. The van der Waals surface area contributed by atoms with E-state index in [1.807, 2.05) is 59.1 Å². The van der Waals surface area contributed by atoms with Crippen LogP contribution in [0.4, 0.5) is 0 Å². The van der Waals surface area contributed by atoms with Crippen molar-refractivity contribution in [2.75, 3.05) is 0 Å². The molecule has 0 atom stereocenters. The minimum atomic E-state index is 0.561. The van der Waals surface area contributed by atoms with E-state index in [-0.39, 0.29) is 0 Å². The molecule has 7 heteroatoms. The molecule has 0 amide bonds. The van der Waals surface area contributed by atoms with Gasteiger partial charge in [-0.3, -0.25) is 0 Å². The molecule has 0 N–H and O–H groups in total. The highest BCUT2D eigenvalue weighted by Crippen LogP contribution is 2.47. The minimum absolute atomic E-state index is 0.561. The molecule has 11 aromatic rings. The first-order valence-electron chi connectivity index (χ1n) is 16.4. The summed E-state index contributed by atoms with van der Waals surface area (Å²) in [4.78, 5) is 13.2. The van der Waals surface area contributed by atoms with E-state index in [2.05, 4.69) is 97.1 Å². The van der Waals surface area contributed by atoms with Gasteiger partial charge in [-0.15, -0.1) is 34.0 Å². The van der Waals surface area contributed by atoms with Gasteiger partial charge in [-0.05, 0) is 82.6 Å². The van der Waals surface area contributed by atoms with Gasteiger partial charge in [0.05, 0.1) is 44.1 Å². The molecule has 0 aliphatic heterocycles. The highest BCUT2D eigenvalue weighted by molar-refractivity contribution is 7.26. The van der Waals surface area contributed by atoms with Crippen LogP contribution in [0.3, 0.4) is 0 Å². The van der Waals surface area contributed by atoms with Gasteiger partial charge in [0.25, 0.3) is 0 Å². The summed E-state index contributed by atoms with van der Waals surface area (Å²) in [6.45, 7) is 0. The zero-order valence-corrected chi connectivity index (χ0v) is 29.0. The molecular weight excluding hydrogens is 681 g/mol. The second kappa shape index (κ2) is 10.6. The Bertz CT molecular complexity index is 3180. The molecule has 0 aliphatic rings. The quantitative estimate of drug-likeness (QED) is 0.168. The normalized spacial score (nSPS) is 11.9. The van der Waals surface area contributed by atoms with Crippen LogP contribution >= 0.6 is 34.0 Å². The maximum atomic E-state index is 9.81. The second-order valence-electron chi connectivity index (χ2n) is 12.7. The zero-order chi connectivity index (χ0) is 33.8. The van der Waals surface area contributed by atoms with Crippen LogP contribution in [0.5, 0.6) is 0 Å². The highest BCUT2D eigenvalue weighted by Gasteiger charge is 2.22. The van der Waals surface area contributed by atoms with Crippen LogP contribution in [-0.2, 0) is 0 Å². The van der Waals surface area contributed by atoms with E-state index in [4.69, 9.17) is 9.97 Å². The summed E-state index contributed by atoms with van der Waals surface area (Å²) in [6.07, 6.45) is 0. The second-order valence-corrected chi connectivity index (χ2v) is 15.9. The summed E-state index contributed by atoms with van der Waals surface area (Å²) in [5, 5.41) is 28.2. The highest BCUT2D eigenvalue weighted by atomic mass is 32.1. The van der Waals surface area contributed by atoms with E-state index in [9.17, 15) is 10.5 Å². The van der Waals surface area contributed by atoms with Crippen molar-refractivity contribution in [1.82, 2.24) is 9.97 Å². The summed E-state index contributed by atoms with van der Waals surface area (Å²) < 4.78 is 5.07. The van der Waals surface area contributed by atoms with Crippen molar-refractivity contribution in [2.45, 2.75) is 0 Å². The first-order valence-corrected chi connectivity index (χ1v) is 18.9. The van der Waals surface area contributed by atoms with Crippen molar-refractivity contribution >= 4 is 118 Å². The number of hydrogen-bond acceptors (Lipinski definition) is 7. The Labute approximate surface area is 302 Å². The number of aromatic nitrogens is 2. The van der Waals surface area contributed by atoms with Crippen molar-refractivity contribution < 1.29 is 0 Å². The molecule has 51 heavy (non-hydrogen) atoms.